The Hall–Kier alpha value is -1.13. The van der Waals surface area contributed by atoms with Crippen LogP contribution >= 0.6 is 0 Å². The molecule has 0 saturated carbocycles. The van der Waals surface area contributed by atoms with E-state index < -0.39 is 0 Å². The van der Waals surface area contributed by atoms with E-state index in [9.17, 15) is 0 Å². The number of benzene rings is 2. The van der Waals surface area contributed by atoms with Gasteiger partial charge in [0, 0.05) is 20.5 Å². The molecule has 0 radical (unpaired) electrons. The second kappa shape index (κ2) is 6.35. The molecular formula is C12H16Si2. The first-order valence-corrected chi connectivity index (χ1v) is 6.82. The van der Waals surface area contributed by atoms with Gasteiger partial charge in [-0.1, -0.05) is 71.0 Å². The Morgan fingerprint density at radius 3 is 0.929 bits per heavy atom. The predicted molar refractivity (Wildman–Crippen MR) is 72.0 cm³/mol. The average molecular weight is 216 g/mol. The van der Waals surface area contributed by atoms with E-state index in [0.29, 0.717) is 0 Å². The van der Waals surface area contributed by atoms with Gasteiger partial charge in [0.05, 0.1) is 0 Å². The maximum absolute atomic E-state index is 2.15. The van der Waals surface area contributed by atoms with Gasteiger partial charge in [-0.3, -0.25) is 0 Å². The van der Waals surface area contributed by atoms with Gasteiger partial charge < -0.3 is 0 Å². The van der Waals surface area contributed by atoms with E-state index in [0.717, 1.165) is 0 Å². The zero-order valence-electron chi connectivity index (χ0n) is 8.77. The first kappa shape index (κ1) is 11.0. The van der Waals surface area contributed by atoms with E-state index in [2.05, 4.69) is 48.5 Å². The quantitative estimate of drug-likeness (QED) is 0.514. The molecule has 0 aliphatic rings. The fourth-order valence-electron chi connectivity index (χ4n) is 1.07. The Morgan fingerprint density at radius 1 is 0.500 bits per heavy atom. The highest BCUT2D eigenvalue weighted by Gasteiger charge is 1.72. The van der Waals surface area contributed by atoms with Crippen molar-refractivity contribution in [3.8, 4) is 0 Å². The van der Waals surface area contributed by atoms with E-state index in [-0.39, 0.29) is 0 Å². The molecule has 2 rings (SSSR count). The van der Waals surface area contributed by atoms with Crippen molar-refractivity contribution in [2.75, 3.05) is 0 Å². The van der Waals surface area contributed by atoms with Crippen LogP contribution in [-0.4, -0.2) is 20.5 Å². The van der Waals surface area contributed by atoms with E-state index in [1.807, 2.05) is 12.1 Å². The minimum absolute atomic E-state index is 1.17. The Kier molecular flexibility index (Phi) is 4.96. The first-order valence-electron chi connectivity index (χ1n) is 4.82. The first-order chi connectivity index (χ1) is 6.79. The maximum Gasteiger partial charge on any atom is 0.0384 e. The van der Waals surface area contributed by atoms with Gasteiger partial charge in [0.25, 0.3) is 0 Å². The van der Waals surface area contributed by atoms with Gasteiger partial charge in [0.2, 0.25) is 0 Å². The summed E-state index contributed by atoms with van der Waals surface area (Å²) in [5, 5.41) is 2.92. The van der Waals surface area contributed by atoms with Crippen molar-refractivity contribution in [2.45, 2.75) is 0 Å². The SMILES string of the molecule is [SiH3]c1ccccc1.[SiH3]c1ccccc1. The predicted octanol–water partition coefficient (Wildman–Crippen LogP) is -0.645. The summed E-state index contributed by atoms with van der Waals surface area (Å²) in [7, 11) is 2.35. The molecule has 0 heterocycles. The Morgan fingerprint density at radius 2 is 0.786 bits per heavy atom. The van der Waals surface area contributed by atoms with Gasteiger partial charge in [0.15, 0.2) is 0 Å². The lowest BCUT2D eigenvalue weighted by Gasteiger charge is -1.82. The number of hydrogen-bond donors (Lipinski definition) is 0. The molecule has 0 atom stereocenters. The molecule has 0 amide bonds. The highest BCUT2D eigenvalue weighted by molar-refractivity contribution is 6.32. The third-order valence-corrected chi connectivity index (χ3v) is 3.21. The average Bonchev–Trinajstić information content (AvgIpc) is 2.21. The second-order valence-corrected chi connectivity index (χ2v) is 5.62. The van der Waals surface area contributed by atoms with Crippen LogP contribution in [0.15, 0.2) is 60.7 Å². The molecule has 0 aliphatic carbocycles. The summed E-state index contributed by atoms with van der Waals surface area (Å²) >= 11 is 0. The second-order valence-electron chi connectivity index (χ2n) is 3.31. The van der Waals surface area contributed by atoms with Crippen molar-refractivity contribution in [3.63, 3.8) is 0 Å². The van der Waals surface area contributed by atoms with Crippen LogP contribution in [0.3, 0.4) is 0 Å². The summed E-state index contributed by atoms with van der Waals surface area (Å²) < 4.78 is 0. The molecule has 0 spiro atoms. The largest absolute Gasteiger partial charge is 0.0708 e. The van der Waals surface area contributed by atoms with Crippen LogP contribution in [0.25, 0.3) is 0 Å². The summed E-state index contributed by atoms with van der Waals surface area (Å²) in [5.74, 6) is 0. The van der Waals surface area contributed by atoms with Crippen LogP contribution in [0.1, 0.15) is 0 Å². The molecule has 2 aromatic rings. The Balaban J connectivity index is 0.000000140. The van der Waals surface area contributed by atoms with Crippen LogP contribution in [0.4, 0.5) is 0 Å². The lowest BCUT2D eigenvalue weighted by atomic mass is 10.4. The molecule has 0 fully saturated rings. The molecule has 2 aromatic carbocycles. The smallest absolute Gasteiger partial charge is 0.0384 e. The minimum atomic E-state index is 1.17. The number of rotatable bonds is 0. The Bertz CT molecular complexity index is 306. The molecule has 0 bridgehead atoms. The van der Waals surface area contributed by atoms with Crippen molar-refractivity contribution < 1.29 is 0 Å². The molecule has 0 aromatic heterocycles. The maximum atomic E-state index is 2.15. The fourth-order valence-corrected chi connectivity index (χ4v) is 1.84. The van der Waals surface area contributed by atoms with Crippen molar-refractivity contribution >= 4 is 30.9 Å². The minimum Gasteiger partial charge on any atom is -0.0708 e. The highest BCUT2D eigenvalue weighted by atomic mass is 28.1. The van der Waals surface area contributed by atoms with Crippen molar-refractivity contribution in [2.24, 2.45) is 0 Å². The van der Waals surface area contributed by atoms with Gasteiger partial charge in [-0.25, -0.2) is 0 Å². The summed E-state index contributed by atoms with van der Waals surface area (Å²) in [6.45, 7) is 0. The van der Waals surface area contributed by atoms with Crippen molar-refractivity contribution in [1.29, 1.82) is 0 Å². The third-order valence-electron chi connectivity index (χ3n) is 1.88. The molecule has 14 heavy (non-hydrogen) atoms. The van der Waals surface area contributed by atoms with Crippen molar-refractivity contribution in [3.05, 3.63) is 60.7 Å². The summed E-state index contributed by atoms with van der Waals surface area (Å²) in [5.41, 5.74) is 0. The molecule has 0 N–H and O–H groups in total. The van der Waals surface area contributed by atoms with Gasteiger partial charge in [-0.05, 0) is 0 Å². The molecule has 0 nitrogen and oxygen atoms in total. The van der Waals surface area contributed by atoms with E-state index in [4.69, 9.17) is 0 Å². The van der Waals surface area contributed by atoms with E-state index >= 15 is 0 Å². The monoisotopic (exact) mass is 216 g/mol. The van der Waals surface area contributed by atoms with Gasteiger partial charge in [-0.2, -0.15) is 0 Å². The van der Waals surface area contributed by atoms with Crippen LogP contribution in [0.5, 0.6) is 0 Å². The molecule has 2 heteroatoms. The lowest BCUT2D eigenvalue weighted by molar-refractivity contribution is 1.78. The zero-order chi connectivity index (χ0) is 10.2. The molecule has 72 valence electrons. The molecule has 0 saturated heterocycles. The summed E-state index contributed by atoms with van der Waals surface area (Å²) in [6, 6.07) is 21.0. The normalized spacial score (nSPS) is 9.14. The van der Waals surface area contributed by atoms with Crippen LogP contribution in [-0.2, 0) is 0 Å². The summed E-state index contributed by atoms with van der Waals surface area (Å²) in [4.78, 5) is 0. The fraction of sp³-hybridized carbons (Fsp3) is 0. The highest BCUT2D eigenvalue weighted by Crippen LogP contribution is 1.77. The standard InChI is InChI=1S/2C6H8Si/c2*7-6-4-2-1-3-5-6/h2*1-5H,7H3. The third kappa shape index (κ3) is 4.79. The summed E-state index contributed by atoms with van der Waals surface area (Å²) in [6.07, 6.45) is 0. The van der Waals surface area contributed by atoms with Gasteiger partial charge in [0.1, 0.15) is 0 Å². The Labute approximate surface area is 91.8 Å². The molecule has 0 unspecified atom stereocenters. The van der Waals surface area contributed by atoms with E-state index in [1.165, 1.54) is 30.9 Å². The van der Waals surface area contributed by atoms with Gasteiger partial charge >= 0.3 is 0 Å². The van der Waals surface area contributed by atoms with Gasteiger partial charge in [-0.15, -0.1) is 0 Å². The molecular weight excluding hydrogens is 200 g/mol. The topological polar surface area (TPSA) is 0 Å². The molecule has 0 aliphatic heterocycles. The van der Waals surface area contributed by atoms with E-state index in [1.54, 1.807) is 0 Å². The van der Waals surface area contributed by atoms with Crippen LogP contribution < -0.4 is 10.4 Å². The zero-order valence-corrected chi connectivity index (χ0v) is 12.8. The van der Waals surface area contributed by atoms with Crippen molar-refractivity contribution in [1.82, 2.24) is 0 Å². The lowest BCUT2D eigenvalue weighted by Crippen LogP contribution is -1.97. The van der Waals surface area contributed by atoms with Crippen LogP contribution in [0.2, 0.25) is 0 Å². The van der Waals surface area contributed by atoms with Crippen LogP contribution in [0, 0.1) is 0 Å². The number of hydrogen-bond acceptors (Lipinski definition) is 0.